The van der Waals surface area contributed by atoms with Crippen molar-refractivity contribution in [3.05, 3.63) is 77.1 Å². The molecule has 0 radical (unpaired) electrons. The zero-order valence-electron chi connectivity index (χ0n) is 16.0. The van der Waals surface area contributed by atoms with Gasteiger partial charge in [-0.3, -0.25) is 4.79 Å². The number of benzene rings is 2. The molecule has 0 fully saturated rings. The number of carbonyl (C=O) groups excluding carboxylic acids is 1. The molecule has 3 aromatic rings. The topological polar surface area (TPSA) is 90.7 Å². The lowest BCUT2D eigenvalue weighted by molar-refractivity contribution is 0.102. The third-order valence-electron chi connectivity index (χ3n) is 4.30. The Kier molecular flexibility index (Phi) is 5.66. The van der Waals surface area contributed by atoms with Crippen LogP contribution < -0.4 is 10.6 Å². The Labute approximate surface area is 164 Å². The summed E-state index contributed by atoms with van der Waals surface area (Å²) in [4.78, 5) is 21.1. The second-order valence-corrected chi connectivity index (χ2v) is 6.73. The number of nitriles is 1. The molecular formula is C22H21N5O. The van der Waals surface area contributed by atoms with Gasteiger partial charge in [0.15, 0.2) is 0 Å². The molecule has 0 saturated heterocycles. The van der Waals surface area contributed by atoms with Gasteiger partial charge in [-0.25, -0.2) is 9.97 Å². The summed E-state index contributed by atoms with van der Waals surface area (Å²) < 4.78 is 0. The lowest BCUT2D eigenvalue weighted by Crippen LogP contribution is -2.15. The van der Waals surface area contributed by atoms with E-state index in [2.05, 4.69) is 40.5 Å². The predicted octanol–water partition coefficient (Wildman–Crippen LogP) is 4.78. The van der Waals surface area contributed by atoms with Gasteiger partial charge in [0.05, 0.1) is 11.6 Å². The average molecular weight is 371 g/mol. The minimum atomic E-state index is -0.366. The van der Waals surface area contributed by atoms with Crippen LogP contribution in [0.3, 0.4) is 0 Å². The van der Waals surface area contributed by atoms with Crippen LogP contribution in [0.15, 0.2) is 54.7 Å². The molecule has 2 N–H and O–H groups in total. The zero-order chi connectivity index (χ0) is 20.1. The van der Waals surface area contributed by atoms with Crippen molar-refractivity contribution >= 4 is 23.2 Å². The molecule has 6 heteroatoms. The SMILES string of the molecule is Cc1cccc(C(C)C)c1Nc1nccc(C(=O)Nc2cccc(C#N)c2)n1. The predicted molar refractivity (Wildman–Crippen MR) is 110 cm³/mol. The smallest absolute Gasteiger partial charge is 0.274 e. The van der Waals surface area contributed by atoms with E-state index in [9.17, 15) is 4.79 Å². The standard InChI is InChI=1S/C22H21N5O/c1-14(2)18-9-4-6-15(3)20(18)27-22-24-11-10-19(26-22)21(28)25-17-8-5-7-16(12-17)13-23/h4-12,14H,1-3H3,(H,25,28)(H,24,26,27). The highest BCUT2D eigenvalue weighted by Gasteiger charge is 2.13. The number of hydrogen-bond acceptors (Lipinski definition) is 5. The van der Waals surface area contributed by atoms with E-state index in [4.69, 9.17) is 5.26 Å². The number of carbonyl (C=O) groups is 1. The first-order valence-electron chi connectivity index (χ1n) is 8.99. The molecule has 0 aliphatic rings. The average Bonchev–Trinajstić information content (AvgIpc) is 2.69. The van der Waals surface area contributed by atoms with Crippen LogP contribution in [0.1, 0.15) is 46.9 Å². The quantitative estimate of drug-likeness (QED) is 0.674. The van der Waals surface area contributed by atoms with Gasteiger partial charge in [0.25, 0.3) is 5.91 Å². The maximum absolute atomic E-state index is 12.5. The Morgan fingerprint density at radius 2 is 1.93 bits per heavy atom. The molecule has 0 bridgehead atoms. The number of amides is 1. The number of aromatic nitrogens is 2. The third-order valence-corrected chi connectivity index (χ3v) is 4.30. The third kappa shape index (κ3) is 4.33. The van der Waals surface area contributed by atoms with Crippen molar-refractivity contribution in [2.75, 3.05) is 10.6 Å². The summed E-state index contributed by atoms with van der Waals surface area (Å²) >= 11 is 0. The van der Waals surface area contributed by atoms with Crippen molar-refractivity contribution in [1.82, 2.24) is 9.97 Å². The monoisotopic (exact) mass is 371 g/mol. The summed E-state index contributed by atoms with van der Waals surface area (Å²) in [6.07, 6.45) is 1.54. The van der Waals surface area contributed by atoms with Crippen LogP contribution in [-0.2, 0) is 0 Å². The second kappa shape index (κ2) is 8.31. The van der Waals surface area contributed by atoms with Crippen molar-refractivity contribution in [2.45, 2.75) is 26.7 Å². The first kappa shape index (κ1) is 19.1. The summed E-state index contributed by atoms with van der Waals surface area (Å²) in [7, 11) is 0. The lowest BCUT2D eigenvalue weighted by atomic mass is 9.98. The van der Waals surface area contributed by atoms with Crippen LogP contribution in [0.5, 0.6) is 0 Å². The highest BCUT2D eigenvalue weighted by Crippen LogP contribution is 2.29. The highest BCUT2D eigenvalue weighted by molar-refractivity contribution is 6.03. The number of aryl methyl sites for hydroxylation is 1. The normalized spacial score (nSPS) is 10.4. The fourth-order valence-corrected chi connectivity index (χ4v) is 2.86. The molecule has 0 spiro atoms. The summed E-state index contributed by atoms with van der Waals surface area (Å²) in [6, 6.07) is 16.4. The molecule has 140 valence electrons. The van der Waals surface area contributed by atoms with Crippen LogP contribution in [0.2, 0.25) is 0 Å². The Hall–Kier alpha value is -3.72. The van der Waals surface area contributed by atoms with E-state index in [1.165, 1.54) is 0 Å². The number of nitrogens with zero attached hydrogens (tertiary/aromatic N) is 3. The van der Waals surface area contributed by atoms with E-state index in [0.717, 1.165) is 16.8 Å². The molecule has 0 unspecified atom stereocenters. The number of rotatable bonds is 5. The van der Waals surface area contributed by atoms with Crippen molar-refractivity contribution in [1.29, 1.82) is 5.26 Å². The number of anilines is 3. The molecule has 0 atom stereocenters. The summed E-state index contributed by atoms with van der Waals surface area (Å²) in [5, 5.41) is 15.0. The fourth-order valence-electron chi connectivity index (χ4n) is 2.86. The molecule has 0 aliphatic heterocycles. The number of para-hydroxylation sites is 1. The molecule has 1 amide bonds. The van der Waals surface area contributed by atoms with Crippen LogP contribution in [0, 0.1) is 18.3 Å². The van der Waals surface area contributed by atoms with Gasteiger partial charge in [-0.2, -0.15) is 5.26 Å². The van der Waals surface area contributed by atoms with E-state index in [1.54, 1.807) is 36.5 Å². The first-order chi connectivity index (χ1) is 13.5. The number of hydrogen-bond donors (Lipinski definition) is 2. The largest absolute Gasteiger partial charge is 0.324 e. The Morgan fingerprint density at radius 1 is 1.14 bits per heavy atom. The van der Waals surface area contributed by atoms with Crippen LogP contribution in [-0.4, -0.2) is 15.9 Å². The van der Waals surface area contributed by atoms with Gasteiger partial charge in [0.1, 0.15) is 5.69 Å². The zero-order valence-corrected chi connectivity index (χ0v) is 16.0. The Balaban J connectivity index is 1.83. The maximum atomic E-state index is 12.5. The fraction of sp³-hybridized carbons (Fsp3) is 0.182. The van der Waals surface area contributed by atoms with Crippen molar-refractivity contribution in [3.63, 3.8) is 0 Å². The first-order valence-corrected chi connectivity index (χ1v) is 8.99. The second-order valence-electron chi connectivity index (χ2n) is 6.73. The molecule has 6 nitrogen and oxygen atoms in total. The summed E-state index contributed by atoms with van der Waals surface area (Å²) in [6.45, 7) is 6.27. The van der Waals surface area contributed by atoms with Crippen LogP contribution in [0.4, 0.5) is 17.3 Å². The lowest BCUT2D eigenvalue weighted by Gasteiger charge is -2.16. The van der Waals surface area contributed by atoms with E-state index in [1.807, 2.05) is 25.1 Å². The van der Waals surface area contributed by atoms with Gasteiger partial charge in [-0.15, -0.1) is 0 Å². The molecule has 28 heavy (non-hydrogen) atoms. The van der Waals surface area contributed by atoms with E-state index >= 15 is 0 Å². The van der Waals surface area contributed by atoms with E-state index < -0.39 is 0 Å². The van der Waals surface area contributed by atoms with Gasteiger partial charge in [0.2, 0.25) is 5.95 Å². The highest BCUT2D eigenvalue weighted by atomic mass is 16.1. The van der Waals surface area contributed by atoms with Crippen LogP contribution >= 0.6 is 0 Å². The van der Waals surface area contributed by atoms with E-state index in [-0.39, 0.29) is 11.6 Å². The molecule has 2 aromatic carbocycles. The minimum absolute atomic E-state index is 0.236. The molecule has 0 aliphatic carbocycles. The summed E-state index contributed by atoms with van der Waals surface area (Å²) in [5.74, 6) is 0.324. The van der Waals surface area contributed by atoms with Gasteiger partial charge >= 0.3 is 0 Å². The van der Waals surface area contributed by atoms with Crippen molar-refractivity contribution < 1.29 is 4.79 Å². The van der Waals surface area contributed by atoms with Gasteiger partial charge < -0.3 is 10.6 Å². The Morgan fingerprint density at radius 3 is 2.68 bits per heavy atom. The van der Waals surface area contributed by atoms with Crippen molar-refractivity contribution in [3.8, 4) is 6.07 Å². The van der Waals surface area contributed by atoms with Gasteiger partial charge in [0, 0.05) is 17.6 Å². The maximum Gasteiger partial charge on any atom is 0.274 e. The summed E-state index contributed by atoms with van der Waals surface area (Å²) in [5.41, 5.74) is 4.45. The molecule has 1 heterocycles. The molecule has 1 aromatic heterocycles. The minimum Gasteiger partial charge on any atom is -0.324 e. The van der Waals surface area contributed by atoms with Crippen molar-refractivity contribution in [2.24, 2.45) is 0 Å². The Bertz CT molecular complexity index is 1050. The van der Waals surface area contributed by atoms with Crippen LogP contribution in [0.25, 0.3) is 0 Å². The van der Waals surface area contributed by atoms with E-state index in [0.29, 0.717) is 23.1 Å². The molecule has 3 rings (SSSR count). The molecule has 0 saturated carbocycles. The molecular weight excluding hydrogens is 350 g/mol. The number of nitrogens with one attached hydrogen (secondary N) is 2. The van der Waals surface area contributed by atoms with Gasteiger partial charge in [-0.05, 0) is 48.2 Å². The van der Waals surface area contributed by atoms with Gasteiger partial charge in [-0.1, -0.05) is 38.1 Å².